The molecule has 1 fully saturated rings. The highest BCUT2D eigenvalue weighted by molar-refractivity contribution is 6.39. The average molecular weight is 418 g/mol. The number of barbiturate groups is 1. The van der Waals surface area contributed by atoms with Crippen LogP contribution in [0, 0.1) is 0 Å². The number of carbonyl (C=O) groups is 4. The van der Waals surface area contributed by atoms with Crippen LogP contribution in [0.2, 0.25) is 0 Å². The molecule has 3 rings (SSSR count). The van der Waals surface area contributed by atoms with Crippen LogP contribution in [0.1, 0.15) is 18.1 Å². The van der Waals surface area contributed by atoms with Crippen molar-refractivity contribution >= 4 is 35.6 Å². The number of esters is 1. The zero-order valence-corrected chi connectivity index (χ0v) is 15.3. The molecule has 154 valence electrons. The Morgan fingerprint density at radius 3 is 2.43 bits per heavy atom. The Bertz CT molecular complexity index is 1090. The van der Waals surface area contributed by atoms with E-state index < -0.39 is 41.1 Å². The number of anilines is 1. The number of amides is 4. The maximum absolute atomic E-state index is 13.0. The molecule has 7 nitrogen and oxygen atoms in total. The minimum Gasteiger partial charge on any atom is -0.426 e. The number of ether oxygens (including phenoxy) is 1. The molecule has 0 bridgehead atoms. The van der Waals surface area contributed by atoms with Crippen molar-refractivity contribution in [1.82, 2.24) is 5.32 Å². The van der Waals surface area contributed by atoms with Crippen LogP contribution in [0.25, 0.3) is 6.08 Å². The maximum atomic E-state index is 13.0. The van der Waals surface area contributed by atoms with Crippen molar-refractivity contribution in [3.05, 3.63) is 65.2 Å². The Balaban J connectivity index is 2.04. The molecule has 30 heavy (non-hydrogen) atoms. The molecule has 2 aromatic carbocycles. The number of rotatable bonds is 3. The number of urea groups is 1. The van der Waals surface area contributed by atoms with Gasteiger partial charge in [0.2, 0.25) is 0 Å². The van der Waals surface area contributed by atoms with E-state index in [0.717, 1.165) is 31.2 Å². The lowest BCUT2D eigenvalue weighted by Gasteiger charge is -2.27. The monoisotopic (exact) mass is 418 g/mol. The number of nitrogens with one attached hydrogen (secondary N) is 1. The number of imide groups is 2. The van der Waals surface area contributed by atoms with Gasteiger partial charge in [0.05, 0.1) is 11.3 Å². The highest BCUT2D eigenvalue weighted by Gasteiger charge is 2.38. The van der Waals surface area contributed by atoms with Crippen molar-refractivity contribution < 1.29 is 37.1 Å². The van der Waals surface area contributed by atoms with Crippen LogP contribution in [0.3, 0.4) is 0 Å². The first kappa shape index (κ1) is 20.8. The molecule has 1 heterocycles. The normalized spacial score (nSPS) is 15.9. The van der Waals surface area contributed by atoms with Gasteiger partial charge in [-0.05, 0) is 30.3 Å². The second kappa shape index (κ2) is 7.82. The molecule has 1 aliphatic rings. The summed E-state index contributed by atoms with van der Waals surface area (Å²) < 4.78 is 44.0. The van der Waals surface area contributed by atoms with Crippen molar-refractivity contribution in [2.24, 2.45) is 0 Å². The number of para-hydroxylation sites is 1. The summed E-state index contributed by atoms with van der Waals surface area (Å²) in [6.45, 7) is 1.16. The lowest BCUT2D eigenvalue weighted by molar-refractivity contribution is -0.137. The molecule has 0 spiro atoms. The fourth-order valence-electron chi connectivity index (χ4n) is 2.72. The Morgan fingerprint density at radius 1 is 1.07 bits per heavy atom. The van der Waals surface area contributed by atoms with E-state index in [9.17, 15) is 32.3 Å². The van der Waals surface area contributed by atoms with Gasteiger partial charge >= 0.3 is 18.2 Å². The summed E-state index contributed by atoms with van der Waals surface area (Å²) in [6, 6.07) is 8.38. The molecule has 0 aliphatic carbocycles. The van der Waals surface area contributed by atoms with Gasteiger partial charge in [-0.3, -0.25) is 19.7 Å². The smallest absolute Gasteiger partial charge is 0.416 e. The van der Waals surface area contributed by atoms with Crippen molar-refractivity contribution in [3.8, 4) is 5.75 Å². The molecule has 1 saturated heterocycles. The molecule has 0 radical (unpaired) electrons. The summed E-state index contributed by atoms with van der Waals surface area (Å²) in [5.74, 6) is -2.74. The highest BCUT2D eigenvalue weighted by Crippen LogP contribution is 2.33. The molecule has 0 atom stereocenters. The molecular weight excluding hydrogens is 405 g/mol. The van der Waals surface area contributed by atoms with Gasteiger partial charge in [-0.2, -0.15) is 13.2 Å². The molecule has 1 aliphatic heterocycles. The Kier molecular flexibility index (Phi) is 5.41. The van der Waals surface area contributed by atoms with E-state index in [-0.39, 0.29) is 17.0 Å². The van der Waals surface area contributed by atoms with E-state index in [1.807, 2.05) is 5.32 Å². The largest absolute Gasteiger partial charge is 0.426 e. The number of hydrogen-bond donors (Lipinski definition) is 1. The predicted octanol–water partition coefficient (Wildman–Crippen LogP) is 3.30. The van der Waals surface area contributed by atoms with Crippen LogP contribution in [-0.2, 0) is 20.6 Å². The van der Waals surface area contributed by atoms with Crippen LogP contribution in [0.5, 0.6) is 5.75 Å². The maximum Gasteiger partial charge on any atom is 0.416 e. The number of hydrogen-bond acceptors (Lipinski definition) is 5. The summed E-state index contributed by atoms with van der Waals surface area (Å²) >= 11 is 0. The minimum atomic E-state index is -4.69. The van der Waals surface area contributed by atoms with Gasteiger partial charge < -0.3 is 4.74 Å². The van der Waals surface area contributed by atoms with Gasteiger partial charge in [-0.15, -0.1) is 0 Å². The van der Waals surface area contributed by atoms with E-state index in [1.54, 1.807) is 12.1 Å². The molecule has 1 N–H and O–H groups in total. The van der Waals surface area contributed by atoms with E-state index in [4.69, 9.17) is 4.74 Å². The fraction of sp³-hybridized carbons (Fsp3) is 0.100. The van der Waals surface area contributed by atoms with Gasteiger partial charge in [0.15, 0.2) is 0 Å². The first-order valence-corrected chi connectivity index (χ1v) is 8.44. The second-order valence-electron chi connectivity index (χ2n) is 6.14. The van der Waals surface area contributed by atoms with E-state index >= 15 is 0 Å². The summed E-state index contributed by atoms with van der Waals surface area (Å²) in [5.41, 5.74) is -1.77. The van der Waals surface area contributed by atoms with Crippen molar-refractivity contribution in [1.29, 1.82) is 0 Å². The third-order valence-electron chi connectivity index (χ3n) is 4.01. The van der Waals surface area contributed by atoms with Crippen molar-refractivity contribution in [3.63, 3.8) is 0 Å². The van der Waals surface area contributed by atoms with E-state index in [2.05, 4.69) is 0 Å². The van der Waals surface area contributed by atoms with Crippen LogP contribution in [0.4, 0.5) is 23.7 Å². The number of benzene rings is 2. The first-order chi connectivity index (χ1) is 14.1. The van der Waals surface area contributed by atoms with Gasteiger partial charge in [-0.25, -0.2) is 9.69 Å². The zero-order valence-electron chi connectivity index (χ0n) is 15.3. The van der Waals surface area contributed by atoms with Gasteiger partial charge in [0, 0.05) is 12.5 Å². The Morgan fingerprint density at radius 2 is 1.77 bits per heavy atom. The summed E-state index contributed by atoms with van der Waals surface area (Å²) in [7, 11) is 0. The predicted molar refractivity (Wildman–Crippen MR) is 98.2 cm³/mol. The second-order valence-corrected chi connectivity index (χ2v) is 6.14. The number of carbonyl (C=O) groups excluding carboxylic acids is 4. The van der Waals surface area contributed by atoms with E-state index in [0.29, 0.717) is 11.0 Å². The SMILES string of the molecule is CC(=O)Oc1ccccc1/C=C1/C(=O)NC(=O)N(c2cccc(C(F)(F)F)c2)C1=O. The Hall–Kier alpha value is -3.95. The van der Waals surface area contributed by atoms with Crippen LogP contribution < -0.4 is 15.0 Å². The van der Waals surface area contributed by atoms with Gasteiger partial charge in [0.1, 0.15) is 11.3 Å². The molecule has 0 unspecified atom stereocenters. The Labute approximate surface area is 167 Å². The molecule has 0 saturated carbocycles. The van der Waals surface area contributed by atoms with Crippen molar-refractivity contribution in [2.45, 2.75) is 13.1 Å². The molecular formula is C20H13F3N2O5. The van der Waals surface area contributed by atoms with Gasteiger partial charge in [0.25, 0.3) is 11.8 Å². The molecule has 2 aromatic rings. The number of nitrogens with zero attached hydrogens (tertiary/aromatic N) is 1. The lowest BCUT2D eigenvalue weighted by atomic mass is 10.1. The molecule has 10 heteroatoms. The summed E-state index contributed by atoms with van der Waals surface area (Å²) in [5, 5.41) is 1.92. The third kappa shape index (κ3) is 4.22. The summed E-state index contributed by atoms with van der Waals surface area (Å²) in [4.78, 5) is 48.9. The quantitative estimate of drug-likeness (QED) is 0.357. The summed E-state index contributed by atoms with van der Waals surface area (Å²) in [6.07, 6.45) is -3.61. The van der Waals surface area contributed by atoms with Crippen LogP contribution in [-0.4, -0.2) is 23.8 Å². The average Bonchev–Trinajstić information content (AvgIpc) is 2.65. The van der Waals surface area contributed by atoms with E-state index in [1.165, 1.54) is 12.1 Å². The lowest BCUT2D eigenvalue weighted by Crippen LogP contribution is -2.54. The zero-order chi connectivity index (χ0) is 22.1. The van der Waals surface area contributed by atoms with Crippen molar-refractivity contribution in [2.75, 3.05) is 4.90 Å². The van der Waals surface area contributed by atoms with Crippen LogP contribution in [0.15, 0.2) is 54.1 Å². The van der Waals surface area contributed by atoms with Gasteiger partial charge in [-0.1, -0.05) is 24.3 Å². The molecule has 0 aromatic heterocycles. The minimum absolute atomic E-state index is 0.0561. The fourth-order valence-corrected chi connectivity index (χ4v) is 2.72. The number of halogens is 3. The highest BCUT2D eigenvalue weighted by atomic mass is 19.4. The standard InChI is InChI=1S/C20H13F3N2O5/c1-11(26)30-16-8-3-2-5-12(16)9-15-17(27)24-19(29)25(18(15)28)14-7-4-6-13(10-14)20(21,22)23/h2-10H,1H3,(H,24,27,29)/b15-9-. The van der Waals surface area contributed by atoms with Crippen LogP contribution >= 0.6 is 0 Å². The number of alkyl halides is 3. The third-order valence-corrected chi connectivity index (χ3v) is 4.01. The molecule has 4 amide bonds. The first-order valence-electron chi connectivity index (χ1n) is 8.44. The topological polar surface area (TPSA) is 92.8 Å².